The fourth-order valence-corrected chi connectivity index (χ4v) is 2.91. The molecule has 2 nitrogen and oxygen atoms in total. The molecule has 2 aromatic rings. The summed E-state index contributed by atoms with van der Waals surface area (Å²) >= 11 is 0. The first-order valence-electron chi connectivity index (χ1n) is 10.1. The molecule has 2 aromatic carbocycles. The summed E-state index contributed by atoms with van der Waals surface area (Å²) in [6, 6.07) is 15.2. The fourth-order valence-electron chi connectivity index (χ4n) is 2.91. The highest BCUT2D eigenvalue weighted by Crippen LogP contribution is 2.14. The molecule has 0 spiro atoms. The molecule has 0 saturated carbocycles. The molecule has 0 aliphatic carbocycles. The number of hydrogen-bond acceptors (Lipinski definition) is 2. The number of benzene rings is 2. The molecule has 0 N–H and O–H groups in total. The molecule has 27 heavy (non-hydrogen) atoms. The molecule has 2 heteroatoms. The summed E-state index contributed by atoms with van der Waals surface area (Å²) in [5.41, 5.74) is 2.29. The fraction of sp³-hybridized carbons (Fsp3) is 0.400. The molecule has 2 rings (SSSR count). The van der Waals surface area contributed by atoms with Crippen LogP contribution < -0.4 is 4.74 Å². The molecular weight excluding hydrogens is 332 g/mol. The molecule has 0 unspecified atom stereocenters. The molecule has 0 saturated heterocycles. The van der Waals surface area contributed by atoms with Crippen LogP contribution in [-0.4, -0.2) is 12.9 Å². The Labute approximate surface area is 164 Å². The predicted molar refractivity (Wildman–Crippen MR) is 112 cm³/mol. The monoisotopic (exact) mass is 362 g/mol. The topological polar surface area (TPSA) is 26.3 Å². The number of ether oxygens (including phenoxy) is 1. The number of hydrogen-bond donors (Lipinski definition) is 0. The van der Waals surface area contributed by atoms with Gasteiger partial charge in [-0.3, -0.25) is 4.79 Å². The van der Waals surface area contributed by atoms with Crippen molar-refractivity contribution < 1.29 is 9.53 Å². The first-order valence-corrected chi connectivity index (χ1v) is 10.1. The Balaban J connectivity index is 1.70. The Morgan fingerprint density at radius 3 is 2.19 bits per heavy atom. The number of unbranched alkanes of at least 4 members (excludes halogenated alkanes) is 7. The second-order valence-corrected chi connectivity index (χ2v) is 6.80. The summed E-state index contributed by atoms with van der Waals surface area (Å²) in [6.45, 7) is 3.02. The van der Waals surface area contributed by atoms with Crippen LogP contribution in [0.25, 0.3) is 0 Å². The van der Waals surface area contributed by atoms with E-state index in [4.69, 9.17) is 4.74 Å². The highest BCUT2D eigenvalue weighted by atomic mass is 16.5. The average molecular weight is 363 g/mol. The summed E-state index contributed by atoms with van der Waals surface area (Å²) in [7, 11) is 0. The second kappa shape index (κ2) is 12.8. The van der Waals surface area contributed by atoms with Crippen LogP contribution in [0, 0.1) is 11.8 Å². The van der Waals surface area contributed by atoms with E-state index in [0.29, 0.717) is 5.56 Å². The minimum Gasteiger partial charge on any atom is -0.494 e. The molecule has 0 heterocycles. The van der Waals surface area contributed by atoms with Gasteiger partial charge in [0.05, 0.1) is 6.61 Å². The molecule has 142 valence electrons. The van der Waals surface area contributed by atoms with Crippen molar-refractivity contribution in [2.75, 3.05) is 6.61 Å². The van der Waals surface area contributed by atoms with E-state index in [-0.39, 0.29) is 0 Å². The van der Waals surface area contributed by atoms with Gasteiger partial charge >= 0.3 is 0 Å². The molecule has 0 aliphatic heterocycles. The van der Waals surface area contributed by atoms with E-state index in [1.54, 1.807) is 6.07 Å². The Morgan fingerprint density at radius 1 is 0.815 bits per heavy atom. The van der Waals surface area contributed by atoms with Gasteiger partial charge < -0.3 is 4.74 Å². The summed E-state index contributed by atoms with van der Waals surface area (Å²) in [5, 5.41) is 0. The van der Waals surface area contributed by atoms with Crippen LogP contribution in [0.1, 0.15) is 79.8 Å². The number of rotatable bonds is 11. The molecule has 0 fully saturated rings. The van der Waals surface area contributed by atoms with Crippen molar-refractivity contribution in [3.05, 3.63) is 65.2 Å². The lowest BCUT2D eigenvalue weighted by atomic mass is 10.1. The minimum absolute atomic E-state index is 0.621. The van der Waals surface area contributed by atoms with Gasteiger partial charge in [-0.2, -0.15) is 0 Å². The minimum atomic E-state index is 0.621. The molecule has 0 aromatic heterocycles. The van der Waals surface area contributed by atoms with E-state index in [0.717, 1.165) is 36.2 Å². The van der Waals surface area contributed by atoms with Gasteiger partial charge in [-0.25, -0.2) is 0 Å². The van der Waals surface area contributed by atoms with Gasteiger partial charge in [0.25, 0.3) is 0 Å². The van der Waals surface area contributed by atoms with Crippen LogP contribution in [0.5, 0.6) is 5.75 Å². The van der Waals surface area contributed by atoms with E-state index < -0.39 is 0 Å². The highest BCUT2D eigenvalue weighted by molar-refractivity contribution is 5.79. The molecule has 0 radical (unpaired) electrons. The Hall–Kier alpha value is -2.53. The zero-order valence-electron chi connectivity index (χ0n) is 16.4. The van der Waals surface area contributed by atoms with Gasteiger partial charge in [0.1, 0.15) is 5.75 Å². The quantitative estimate of drug-likeness (QED) is 0.262. The maximum Gasteiger partial charge on any atom is 0.151 e. The summed E-state index contributed by atoms with van der Waals surface area (Å²) in [4.78, 5) is 11.0. The van der Waals surface area contributed by atoms with E-state index >= 15 is 0 Å². The summed E-state index contributed by atoms with van der Waals surface area (Å²) < 4.78 is 5.81. The highest BCUT2D eigenvalue weighted by Gasteiger charge is 1.97. The van der Waals surface area contributed by atoms with Crippen molar-refractivity contribution in [3.63, 3.8) is 0 Å². The third-order valence-corrected chi connectivity index (χ3v) is 4.55. The van der Waals surface area contributed by atoms with Crippen LogP contribution in [0.4, 0.5) is 0 Å². The zero-order valence-corrected chi connectivity index (χ0v) is 16.4. The van der Waals surface area contributed by atoms with E-state index in [9.17, 15) is 4.79 Å². The van der Waals surface area contributed by atoms with Crippen molar-refractivity contribution in [3.8, 4) is 17.6 Å². The molecule has 0 amide bonds. The van der Waals surface area contributed by atoms with Crippen molar-refractivity contribution in [1.82, 2.24) is 0 Å². The van der Waals surface area contributed by atoms with E-state index in [1.807, 2.05) is 42.5 Å². The summed E-state index contributed by atoms with van der Waals surface area (Å²) in [5.74, 6) is 7.05. The van der Waals surface area contributed by atoms with Crippen LogP contribution in [-0.2, 0) is 0 Å². The first-order chi connectivity index (χ1) is 13.3. The van der Waals surface area contributed by atoms with Gasteiger partial charge in [-0.15, -0.1) is 0 Å². The van der Waals surface area contributed by atoms with Crippen molar-refractivity contribution in [2.45, 2.75) is 58.3 Å². The molecule has 0 aliphatic rings. The van der Waals surface area contributed by atoms with E-state index in [1.165, 1.54) is 44.9 Å². The van der Waals surface area contributed by atoms with Gasteiger partial charge in [0, 0.05) is 16.7 Å². The van der Waals surface area contributed by atoms with Gasteiger partial charge in [-0.05, 0) is 36.8 Å². The summed E-state index contributed by atoms with van der Waals surface area (Å²) in [6.07, 6.45) is 11.3. The lowest BCUT2D eigenvalue weighted by Crippen LogP contribution is -1.97. The Bertz CT molecular complexity index is 735. The zero-order chi connectivity index (χ0) is 19.2. The number of carbonyl (C=O) groups is 1. The third-order valence-electron chi connectivity index (χ3n) is 4.55. The Kier molecular flexibility index (Phi) is 9.82. The lowest BCUT2D eigenvalue weighted by Gasteiger charge is -2.06. The molecule has 0 bridgehead atoms. The van der Waals surface area contributed by atoms with Gasteiger partial charge in [0.2, 0.25) is 0 Å². The lowest BCUT2D eigenvalue weighted by molar-refractivity contribution is 0.112. The normalized spacial score (nSPS) is 10.1. The van der Waals surface area contributed by atoms with Crippen molar-refractivity contribution in [2.24, 2.45) is 0 Å². The maximum atomic E-state index is 11.0. The van der Waals surface area contributed by atoms with Crippen LogP contribution in [0.3, 0.4) is 0 Å². The number of aldehydes is 1. The SMILES string of the molecule is CCCCCCCCCCOc1ccc(C#Cc2ccccc2C=O)cc1. The first kappa shape index (κ1) is 20.8. The smallest absolute Gasteiger partial charge is 0.151 e. The van der Waals surface area contributed by atoms with Crippen molar-refractivity contribution in [1.29, 1.82) is 0 Å². The largest absolute Gasteiger partial charge is 0.494 e. The van der Waals surface area contributed by atoms with Crippen LogP contribution >= 0.6 is 0 Å². The molecular formula is C25H30O2. The number of carbonyl (C=O) groups excluding carboxylic acids is 1. The van der Waals surface area contributed by atoms with Gasteiger partial charge in [0.15, 0.2) is 6.29 Å². The van der Waals surface area contributed by atoms with Crippen molar-refractivity contribution >= 4 is 6.29 Å². The van der Waals surface area contributed by atoms with E-state index in [2.05, 4.69) is 18.8 Å². The van der Waals surface area contributed by atoms with Gasteiger partial charge in [-0.1, -0.05) is 81.9 Å². The standard InChI is InChI=1S/C25H30O2/c1-2-3-4-5-6-7-8-11-20-27-25-18-15-22(16-19-25)14-17-23-12-9-10-13-24(23)21-26/h9-10,12-13,15-16,18-19,21H,2-8,11,20H2,1H3. The average Bonchev–Trinajstić information content (AvgIpc) is 2.72. The Morgan fingerprint density at radius 2 is 1.48 bits per heavy atom. The molecule has 0 atom stereocenters. The second-order valence-electron chi connectivity index (χ2n) is 6.80. The third kappa shape index (κ3) is 8.13. The maximum absolute atomic E-state index is 11.0. The predicted octanol–water partition coefficient (Wildman–Crippen LogP) is 6.42. The van der Waals surface area contributed by atoms with Crippen LogP contribution in [0.2, 0.25) is 0 Å². The van der Waals surface area contributed by atoms with Crippen LogP contribution in [0.15, 0.2) is 48.5 Å².